The highest BCUT2D eigenvalue weighted by atomic mass is 16.7. The number of carbonyl (C=O) groups is 1. The van der Waals surface area contributed by atoms with Crippen LogP contribution in [0.2, 0.25) is 0 Å². The standard InChI is InChI=1S/C13H25NO5/c1-4-17-13(18-5-2)10-14-6-7-19-11(9-14)8-12(15)16-3/h11,13H,4-10H2,1-3H3. The van der Waals surface area contributed by atoms with Crippen molar-refractivity contribution in [1.29, 1.82) is 0 Å². The van der Waals surface area contributed by atoms with E-state index in [0.29, 0.717) is 39.3 Å². The van der Waals surface area contributed by atoms with E-state index < -0.39 is 0 Å². The van der Waals surface area contributed by atoms with Crippen molar-refractivity contribution in [2.45, 2.75) is 32.7 Å². The zero-order valence-corrected chi connectivity index (χ0v) is 12.1. The molecule has 1 saturated heterocycles. The number of ether oxygens (including phenoxy) is 4. The van der Waals surface area contributed by atoms with Crippen LogP contribution in [0.5, 0.6) is 0 Å². The topological polar surface area (TPSA) is 57.2 Å². The maximum absolute atomic E-state index is 11.2. The summed E-state index contributed by atoms with van der Waals surface area (Å²) in [6.07, 6.45) is -0.0296. The molecule has 0 aliphatic carbocycles. The van der Waals surface area contributed by atoms with E-state index in [4.69, 9.17) is 14.2 Å². The Morgan fingerprint density at radius 1 is 1.37 bits per heavy atom. The van der Waals surface area contributed by atoms with Crippen LogP contribution in [0.4, 0.5) is 0 Å². The summed E-state index contributed by atoms with van der Waals surface area (Å²) in [5.41, 5.74) is 0. The third-order valence-electron chi connectivity index (χ3n) is 2.96. The molecule has 0 aromatic carbocycles. The van der Waals surface area contributed by atoms with Crippen molar-refractivity contribution in [3.05, 3.63) is 0 Å². The van der Waals surface area contributed by atoms with Gasteiger partial charge in [-0.25, -0.2) is 0 Å². The van der Waals surface area contributed by atoms with E-state index in [-0.39, 0.29) is 18.4 Å². The van der Waals surface area contributed by atoms with Gasteiger partial charge in [0.1, 0.15) is 0 Å². The lowest BCUT2D eigenvalue weighted by atomic mass is 10.2. The first kappa shape index (κ1) is 16.4. The van der Waals surface area contributed by atoms with E-state index in [2.05, 4.69) is 9.64 Å². The summed E-state index contributed by atoms with van der Waals surface area (Å²) in [6, 6.07) is 0. The van der Waals surface area contributed by atoms with Gasteiger partial charge in [0, 0.05) is 32.8 Å². The molecule has 0 amide bonds. The molecular weight excluding hydrogens is 250 g/mol. The van der Waals surface area contributed by atoms with Gasteiger partial charge in [0.2, 0.25) is 0 Å². The van der Waals surface area contributed by atoms with Crippen LogP contribution < -0.4 is 0 Å². The summed E-state index contributed by atoms with van der Waals surface area (Å²) >= 11 is 0. The van der Waals surface area contributed by atoms with Gasteiger partial charge in [0.25, 0.3) is 0 Å². The van der Waals surface area contributed by atoms with Crippen LogP contribution in [0, 0.1) is 0 Å². The van der Waals surface area contributed by atoms with Crippen molar-refractivity contribution in [3.8, 4) is 0 Å². The summed E-state index contributed by atoms with van der Waals surface area (Å²) in [5, 5.41) is 0. The maximum atomic E-state index is 11.2. The second-order valence-corrected chi connectivity index (χ2v) is 4.37. The number of esters is 1. The molecule has 1 fully saturated rings. The Bertz CT molecular complexity index is 255. The molecule has 0 saturated carbocycles. The normalized spacial score (nSPS) is 20.7. The zero-order valence-electron chi connectivity index (χ0n) is 12.1. The van der Waals surface area contributed by atoms with Crippen molar-refractivity contribution < 1.29 is 23.7 Å². The molecule has 1 aliphatic rings. The van der Waals surface area contributed by atoms with Crippen LogP contribution in [0.15, 0.2) is 0 Å². The number of morpholine rings is 1. The van der Waals surface area contributed by atoms with E-state index in [9.17, 15) is 4.79 Å². The molecule has 6 heteroatoms. The second kappa shape index (κ2) is 9.25. The number of rotatable bonds is 8. The van der Waals surface area contributed by atoms with Crippen LogP contribution in [-0.2, 0) is 23.7 Å². The smallest absolute Gasteiger partial charge is 0.308 e. The number of hydrogen-bond acceptors (Lipinski definition) is 6. The van der Waals surface area contributed by atoms with Crippen molar-refractivity contribution in [2.75, 3.05) is 46.6 Å². The summed E-state index contributed by atoms with van der Waals surface area (Å²) in [7, 11) is 1.39. The van der Waals surface area contributed by atoms with E-state index in [1.54, 1.807) is 0 Å². The van der Waals surface area contributed by atoms with E-state index in [1.165, 1.54) is 7.11 Å². The van der Waals surface area contributed by atoms with Crippen molar-refractivity contribution in [3.63, 3.8) is 0 Å². The molecule has 0 spiro atoms. The predicted molar refractivity (Wildman–Crippen MR) is 69.9 cm³/mol. The van der Waals surface area contributed by atoms with Gasteiger partial charge in [0.15, 0.2) is 6.29 Å². The van der Waals surface area contributed by atoms with E-state index in [0.717, 1.165) is 6.54 Å². The second-order valence-electron chi connectivity index (χ2n) is 4.37. The summed E-state index contributed by atoms with van der Waals surface area (Å²) in [5.74, 6) is -0.238. The SMILES string of the molecule is CCOC(CN1CCOC(CC(=O)OC)C1)OCC. The summed E-state index contributed by atoms with van der Waals surface area (Å²) in [6.45, 7) is 7.99. The first-order valence-corrected chi connectivity index (χ1v) is 6.83. The van der Waals surface area contributed by atoms with Crippen molar-refractivity contribution in [2.24, 2.45) is 0 Å². The largest absolute Gasteiger partial charge is 0.469 e. The first-order chi connectivity index (χ1) is 9.19. The minimum Gasteiger partial charge on any atom is -0.469 e. The molecule has 0 bridgehead atoms. The zero-order chi connectivity index (χ0) is 14.1. The highest BCUT2D eigenvalue weighted by molar-refractivity contribution is 5.69. The summed E-state index contributed by atoms with van der Waals surface area (Å²) in [4.78, 5) is 13.4. The molecule has 1 unspecified atom stereocenters. The molecule has 19 heavy (non-hydrogen) atoms. The van der Waals surface area contributed by atoms with Crippen LogP contribution in [0.1, 0.15) is 20.3 Å². The molecule has 6 nitrogen and oxygen atoms in total. The molecule has 1 aliphatic heterocycles. The Hall–Kier alpha value is -0.690. The Labute approximate surface area is 114 Å². The van der Waals surface area contributed by atoms with Gasteiger partial charge in [-0.3, -0.25) is 9.69 Å². The quantitative estimate of drug-likeness (QED) is 0.479. The number of hydrogen-bond donors (Lipinski definition) is 0. The third-order valence-corrected chi connectivity index (χ3v) is 2.96. The molecule has 0 radical (unpaired) electrons. The Balaban J connectivity index is 2.38. The lowest BCUT2D eigenvalue weighted by Gasteiger charge is -2.34. The fraction of sp³-hybridized carbons (Fsp3) is 0.923. The number of methoxy groups -OCH3 is 1. The Kier molecular flexibility index (Phi) is 7.97. The van der Waals surface area contributed by atoms with Crippen molar-refractivity contribution >= 4 is 5.97 Å². The fourth-order valence-corrected chi connectivity index (χ4v) is 2.08. The molecule has 112 valence electrons. The highest BCUT2D eigenvalue weighted by Crippen LogP contribution is 2.11. The molecule has 0 N–H and O–H groups in total. The van der Waals surface area contributed by atoms with Gasteiger partial charge < -0.3 is 18.9 Å². The van der Waals surface area contributed by atoms with Crippen LogP contribution in [0.3, 0.4) is 0 Å². The number of nitrogens with zero attached hydrogens (tertiary/aromatic N) is 1. The van der Waals surface area contributed by atoms with Gasteiger partial charge in [-0.05, 0) is 13.8 Å². The predicted octanol–water partition coefficient (Wildman–Crippen LogP) is 0.649. The van der Waals surface area contributed by atoms with Crippen LogP contribution >= 0.6 is 0 Å². The molecule has 0 aromatic heterocycles. The molecule has 0 aromatic rings. The highest BCUT2D eigenvalue weighted by Gasteiger charge is 2.25. The van der Waals surface area contributed by atoms with Gasteiger partial charge >= 0.3 is 5.97 Å². The lowest BCUT2D eigenvalue weighted by molar-refractivity contribution is -0.160. The monoisotopic (exact) mass is 275 g/mol. The van der Waals surface area contributed by atoms with Gasteiger partial charge in [-0.15, -0.1) is 0 Å². The average molecular weight is 275 g/mol. The van der Waals surface area contributed by atoms with Gasteiger partial charge in [-0.1, -0.05) is 0 Å². The lowest BCUT2D eigenvalue weighted by Crippen LogP contribution is -2.47. The fourth-order valence-electron chi connectivity index (χ4n) is 2.08. The Morgan fingerprint density at radius 3 is 2.63 bits per heavy atom. The van der Waals surface area contributed by atoms with E-state index >= 15 is 0 Å². The van der Waals surface area contributed by atoms with Gasteiger partial charge in [0.05, 0.1) is 26.2 Å². The number of carbonyl (C=O) groups excluding carboxylic acids is 1. The van der Waals surface area contributed by atoms with Crippen LogP contribution in [-0.4, -0.2) is 69.8 Å². The Morgan fingerprint density at radius 2 is 2.05 bits per heavy atom. The van der Waals surface area contributed by atoms with Gasteiger partial charge in [-0.2, -0.15) is 0 Å². The molecule has 1 heterocycles. The first-order valence-electron chi connectivity index (χ1n) is 6.83. The summed E-state index contributed by atoms with van der Waals surface area (Å²) < 4.78 is 21.3. The van der Waals surface area contributed by atoms with E-state index in [1.807, 2.05) is 13.8 Å². The minimum atomic E-state index is -0.238. The third kappa shape index (κ3) is 6.33. The van der Waals surface area contributed by atoms with Crippen LogP contribution in [0.25, 0.3) is 0 Å². The molecule has 1 atom stereocenters. The average Bonchev–Trinajstić information content (AvgIpc) is 2.39. The van der Waals surface area contributed by atoms with Crippen molar-refractivity contribution in [1.82, 2.24) is 4.90 Å². The minimum absolute atomic E-state index is 0.106. The molecule has 1 rings (SSSR count). The maximum Gasteiger partial charge on any atom is 0.308 e. The molecular formula is C13H25NO5.